The minimum absolute atomic E-state index is 0.138. The molecule has 1 aliphatic carbocycles. The van der Waals surface area contributed by atoms with Crippen LogP contribution >= 0.6 is 0 Å². The number of hydrogen-bond donors (Lipinski definition) is 0. The average molecular weight is 242 g/mol. The van der Waals surface area contributed by atoms with Crippen LogP contribution in [0.4, 0.5) is 0 Å². The van der Waals surface area contributed by atoms with Gasteiger partial charge in [-0.1, -0.05) is 51.1 Å². The lowest BCUT2D eigenvalue weighted by atomic mass is 9.87. The number of benzene rings is 1. The van der Waals surface area contributed by atoms with Gasteiger partial charge in [0.15, 0.2) is 0 Å². The van der Waals surface area contributed by atoms with Gasteiger partial charge < -0.3 is 4.74 Å². The molecule has 0 heterocycles. The van der Waals surface area contributed by atoms with Crippen LogP contribution < -0.4 is 4.74 Å². The molecule has 2 rings (SSSR count). The van der Waals surface area contributed by atoms with Crippen molar-refractivity contribution < 1.29 is 4.74 Å². The van der Waals surface area contributed by atoms with Crippen molar-refractivity contribution in [2.45, 2.75) is 41.0 Å². The lowest BCUT2D eigenvalue weighted by Crippen LogP contribution is -2.11. The summed E-state index contributed by atoms with van der Waals surface area (Å²) in [6.45, 7) is 10.9. The van der Waals surface area contributed by atoms with Crippen molar-refractivity contribution in [2.75, 3.05) is 0 Å². The lowest BCUT2D eigenvalue weighted by Gasteiger charge is -2.22. The monoisotopic (exact) mass is 242 g/mol. The van der Waals surface area contributed by atoms with Gasteiger partial charge in [-0.25, -0.2) is 0 Å². The Balaban J connectivity index is 2.35. The lowest BCUT2D eigenvalue weighted by molar-refractivity contribution is 0.385. The topological polar surface area (TPSA) is 9.23 Å². The quantitative estimate of drug-likeness (QED) is 0.713. The van der Waals surface area contributed by atoms with Gasteiger partial charge in [-0.05, 0) is 36.0 Å². The van der Waals surface area contributed by atoms with E-state index < -0.39 is 0 Å². The summed E-state index contributed by atoms with van der Waals surface area (Å²) in [4.78, 5) is 0. The number of allylic oxidation sites excluding steroid dienone is 3. The first kappa shape index (κ1) is 12.9. The molecule has 0 aliphatic heterocycles. The van der Waals surface area contributed by atoms with Gasteiger partial charge in [0, 0.05) is 6.42 Å². The molecular weight excluding hydrogens is 220 g/mol. The van der Waals surface area contributed by atoms with E-state index in [0.717, 1.165) is 17.9 Å². The highest BCUT2D eigenvalue weighted by molar-refractivity contribution is 5.43. The fourth-order valence-corrected chi connectivity index (χ4v) is 2.33. The van der Waals surface area contributed by atoms with Gasteiger partial charge >= 0.3 is 0 Å². The van der Waals surface area contributed by atoms with Crippen molar-refractivity contribution in [3.05, 3.63) is 52.8 Å². The average Bonchev–Trinajstić information content (AvgIpc) is 2.71. The molecule has 1 aliphatic rings. The Bertz CT molecular complexity index is 493. The van der Waals surface area contributed by atoms with Crippen molar-refractivity contribution in [3.63, 3.8) is 0 Å². The summed E-state index contributed by atoms with van der Waals surface area (Å²) in [5.74, 6) is 2.11. The maximum Gasteiger partial charge on any atom is 0.132 e. The van der Waals surface area contributed by atoms with E-state index in [1.165, 1.54) is 16.7 Å². The second-order valence-electron chi connectivity index (χ2n) is 6.02. The van der Waals surface area contributed by atoms with Crippen LogP contribution in [0.25, 0.3) is 0 Å². The highest BCUT2D eigenvalue weighted by atomic mass is 16.5. The standard InChI is InChI=1S/C17H22O/c1-12-8-6-9-13(2)16(12)18-15-11-7-10-14(15)17(3,4)5/h6-10H,11H2,1-5H3. The highest BCUT2D eigenvalue weighted by Gasteiger charge is 2.23. The van der Waals surface area contributed by atoms with E-state index in [2.05, 4.69) is 65.0 Å². The molecule has 0 amide bonds. The molecule has 96 valence electrons. The first-order valence-electron chi connectivity index (χ1n) is 6.54. The van der Waals surface area contributed by atoms with Crippen LogP contribution in [0, 0.1) is 19.3 Å². The number of aryl methyl sites for hydroxylation is 2. The van der Waals surface area contributed by atoms with Crippen molar-refractivity contribution in [2.24, 2.45) is 5.41 Å². The smallest absolute Gasteiger partial charge is 0.132 e. The summed E-state index contributed by atoms with van der Waals surface area (Å²) in [5.41, 5.74) is 3.84. The van der Waals surface area contributed by atoms with Gasteiger partial charge in [-0.15, -0.1) is 0 Å². The van der Waals surface area contributed by atoms with E-state index in [1.807, 2.05) is 0 Å². The Morgan fingerprint density at radius 2 is 1.67 bits per heavy atom. The zero-order valence-corrected chi connectivity index (χ0v) is 12.0. The minimum atomic E-state index is 0.138. The van der Waals surface area contributed by atoms with Gasteiger partial charge in [0.1, 0.15) is 11.5 Å². The molecule has 0 saturated carbocycles. The van der Waals surface area contributed by atoms with Crippen molar-refractivity contribution in [1.82, 2.24) is 0 Å². The van der Waals surface area contributed by atoms with Crippen molar-refractivity contribution in [3.8, 4) is 5.75 Å². The van der Waals surface area contributed by atoms with Gasteiger partial charge in [-0.2, -0.15) is 0 Å². The summed E-state index contributed by atoms with van der Waals surface area (Å²) in [5, 5.41) is 0. The van der Waals surface area contributed by atoms with E-state index in [-0.39, 0.29) is 5.41 Å². The predicted octanol–water partition coefficient (Wildman–Crippen LogP) is 4.94. The molecule has 1 heteroatoms. The maximum atomic E-state index is 6.19. The number of rotatable bonds is 2. The Kier molecular flexibility index (Phi) is 3.34. The summed E-state index contributed by atoms with van der Waals surface area (Å²) >= 11 is 0. The van der Waals surface area contributed by atoms with E-state index >= 15 is 0 Å². The van der Waals surface area contributed by atoms with Crippen LogP contribution in [0.5, 0.6) is 5.75 Å². The third-order valence-corrected chi connectivity index (χ3v) is 3.33. The van der Waals surface area contributed by atoms with E-state index in [9.17, 15) is 0 Å². The van der Waals surface area contributed by atoms with E-state index in [0.29, 0.717) is 0 Å². The van der Waals surface area contributed by atoms with Crippen LogP contribution in [0.3, 0.4) is 0 Å². The second kappa shape index (κ2) is 4.64. The van der Waals surface area contributed by atoms with Crippen LogP contribution in [0.15, 0.2) is 41.7 Å². The summed E-state index contributed by atoms with van der Waals surface area (Å²) in [6.07, 6.45) is 5.28. The zero-order valence-electron chi connectivity index (χ0n) is 12.0. The van der Waals surface area contributed by atoms with Crippen molar-refractivity contribution in [1.29, 1.82) is 0 Å². The maximum absolute atomic E-state index is 6.19. The molecule has 1 aromatic rings. The fourth-order valence-electron chi connectivity index (χ4n) is 2.33. The van der Waals surface area contributed by atoms with Gasteiger partial charge in [-0.3, -0.25) is 0 Å². The Hall–Kier alpha value is -1.50. The van der Waals surface area contributed by atoms with Crippen LogP contribution in [-0.4, -0.2) is 0 Å². The number of ether oxygens (including phenoxy) is 1. The third kappa shape index (κ3) is 2.50. The summed E-state index contributed by atoms with van der Waals surface area (Å²) < 4.78 is 6.19. The van der Waals surface area contributed by atoms with E-state index in [1.54, 1.807) is 0 Å². The van der Waals surface area contributed by atoms with Crippen LogP contribution in [0.1, 0.15) is 38.3 Å². The molecule has 1 nitrogen and oxygen atoms in total. The minimum Gasteiger partial charge on any atom is -0.461 e. The largest absolute Gasteiger partial charge is 0.461 e. The summed E-state index contributed by atoms with van der Waals surface area (Å²) in [7, 11) is 0. The molecule has 0 radical (unpaired) electrons. The molecule has 0 fully saturated rings. The molecule has 18 heavy (non-hydrogen) atoms. The normalized spacial score (nSPS) is 15.4. The molecule has 0 spiro atoms. The molecule has 1 aromatic carbocycles. The summed E-state index contributed by atoms with van der Waals surface area (Å²) in [6, 6.07) is 6.27. The Morgan fingerprint density at radius 1 is 1.06 bits per heavy atom. The third-order valence-electron chi connectivity index (χ3n) is 3.33. The molecular formula is C17H22O. The Morgan fingerprint density at radius 3 is 2.22 bits per heavy atom. The van der Waals surface area contributed by atoms with Gasteiger partial charge in [0.25, 0.3) is 0 Å². The van der Waals surface area contributed by atoms with Gasteiger partial charge in [0.05, 0.1) is 0 Å². The molecule has 0 bridgehead atoms. The molecule has 0 atom stereocenters. The molecule has 0 aromatic heterocycles. The second-order valence-corrected chi connectivity index (χ2v) is 6.02. The Labute approximate surface area is 110 Å². The number of para-hydroxylation sites is 1. The van der Waals surface area contributed by atoms with Crippen LogP contribution in [0.2, 0.25) is 0 Å². The molecule has 0 unspecified atom stereocenters. The first-order valence-corrected chi connectivity index (χ1v) is 6.54. The number of hydrogen-bond acceptors (Lipinski definition) is 1. The van der Waals surface area contributed by atoms with Gasteiger partial charge in [0.2, 0.25) is 0 Å². The zero-order chi connectivity index (χ0) is 13.3. The molecule has 0 N–H and O–H groups in total. The van der Waals surface area contributed by atoms with E-state index in [4.69, 9.17) is 4.74 Å². The highest BCUT2D eigenvalue weighted by Crippen LogP contribution is 2.36. The van der Waals surface area contributed by atoms with Crippen LogP contribution in [-0.2, 0) is 0 Å². The SMILES string of the molecule is Cc1cccc(C)c1OC1=C(C(C)(C)C)C=CC1. The molecule has 0 saturated heterocycles. The van der Waals surface area contributed by atoms with Crippen molar-refractivity contribution >= 4 is 0 Å². The first-order chi connectivity index (χ1) is 8.39. The predicted molar refractivity (Wildman–Crippen MR) is 76.8 cm³/mol. The fraction of sp³-hybridized carbons (Fsp3) is 0.412.